The van der Waals surface area contributed by atoms with Crippen molar-refractivity contribution in [3.63, 3.8) is 0 Å². The topological polar surface area (TPSA) is 185 Å². The maximum Gasteiger partial charge on any atom is 0.326 e. The number of carboxylic acids is 1. The fourth-order valence-electron chi connectivity index (χ4n) is 2.77. The van der Waals surface area contributed by atoms with Gasteiger partial charge < -0.3 is 32.1 Å². The first kappa shape index (κ1) is 22.4. The van der Waals surface area contributed by atoms with E-state index in [0.717, 1.165) is 0 Å². The Labute approximate surface area is 156 Å². The van der Waals surface area contributed by atoms with Gasteiger partial charge in [0, 0.05) is 13.0 Å². The highest BCUT2D eigenvalue weighted by Crippen LogP contribution is 2.18. The molecule has 1 saturated heterocycles. The number of nitrogens with one attached hydrogen (secondary N) is 2. The first-order chi connectivity index (χ1) is 12.5. The molecular formula is C16H27N5O6. The van der Waals surface area contributed by atoms with Crippen LogP contribution in [0, 0.1) is 0 Å². The molecule has 1 aliphatic heterocycles. The van der Waals surface area contributed by atoms with Crippen molar-refractivity contribution in [2.24, 2.45) is 11.5 Å². The highest BCUT2D eigenvalue weighted by atomic mass is 16.4. The highest BCUT2D eigenvalue weighted by Gasteiger charge is 2.36. The molecule has 0 aromatic carbocycles. The maximum atomic E-state index is 12.5. The number of hydrogen-bond acceptors (Lipinski definition) is 6. The minimum absolute atomic E-state index is 0.0536. The average molecular weight is 385 g/mol. The van der Waals surface area contributed by atoms with Crippen LogP contribution in [0.4, 0.5) is 0 Å². The Morgan fingerprint density at radius 2 is 1.78 bits per heavy atom. The van der Waals surface area contributed by atoms with Crippen LogP contribution >= 0.6 is 0 Å². The summed E-state index contributed by atoms with van der Waals surface area (Å²) in [5, 5.41) is 14.0. The van der Waals surface area contributed by atoms with Gasteiger partial charge in [-0.25, -0.2) is 4.79 Å². The molecule has 0 radical (unpaired) electrons. The van der Waals surface area contributed by atoms with Crippen molar-refractivity contribution < 1.29 is 29.1 Å². The van der Waals surface area contributed by atoms with E-state index in [1.54, 1.807) is 0 Å². The Bertz CT molecular complexity index is 608. The number of carboxylic acid groups (broad SMARTS) is 1. The second kappa shape index (κ2) is 9.86. The molecule has 0 spiro atoms. The van der Waals surface area contributed by atoms with Crippen LogP contribution < -0.4 is 22.1 Å². The molecular weight excluding hydrogens is 358 g/mol. The van der Waals surface area contributed by atoms with Crippen LogP contribution in [0.2, 0.25) is 0 Å². The number of nitrogens with two attached hydrogens (primary N) is 2. The van der Waals surface area contributed by atoms with Gasteiger partial charge in [-0.2, -0.15) is 0 Å². The second-order valence-corrected chi connectivity index (χ2v) is 6.61. The summed E-state index contributed by atoms with van der Waals surface area (Å²) in [6.45, 7) is 3.16. The number of carbonyl (C=O) groups excluding carboxylic acids is 4. The summed E-state index contributed by atoms with van der Waals surface area (Å²) in [5.74, 6) is -3.54. The van der Waals surface area contributed by atoms with Gasteiger partial charge in [-0.05, 0) is 33.1 Å². The lowest BCUT2D eigenvalue weighted by atomic mass is 10.1. The van der Waals surface area contributed by atoms with E-state index in [4.69, 9.17) is 11.5 Å². The average Bonchev–Trinajstić information content (AvgIpc) is 3.06. The molecule has 11 nitrogen and oxygen atoms in total. The van der Waals surface area contributed by atoms with Crippen molar-refractivity contribution >= 4 is 29.6 Å². The standard InChI is InChI=1S/C16H27N5O6/c1-8(17)13(23)20-10(5-6-12(18)22)14(24)19-9(2)15(25)21-7-3-4-11(21)16(26)27/h8-11H,3-7,17H2,1-2H3,(H2,18,22)(H,19,24)(H,20,23)(H,26,27)/t8-,9-,10-,11-/m0/s1. The van der Waals surface area contributed by atoms with E-state index in [1.807, 2.05) is 0 Å². The predicted octanol–water partition coefficient (Wildman–Crippen LogP) is -2.34. The molecule has 4 amide bonds. The smallest absolute Gasteiger partial charge is 0.326 e. The summed E-state index contributed by atoms with van der Waals surface area (Å²) in [5.41, 5.74) is 10.5. The monoisotopic (exact) mass is 385 g/mol. The van der Waals surface area contributed by atoms with E-state index >= 15 is 0 Å². The summed E-state index contributed by atoms with van der Waals surface area (Å²) in [4.78, 5) is 60.1. The largest absolute Gasteiger partial charge is 0.480 e. The van der Waals surface area contributed by atoms with Gasteiger partial charge in [0.2, 0.25) is 23.6 Å². The number of hydrogen-bond donors (Lipinski definition) is 5. The summed E-state index contributed by atoms with van der Waals surface area (Å²) < 4.78 is 0. The summed E-state index contributed by atoms with van der Waals surface area (Å²) in [7, 11) is 0. The summed E-state index contributed by atoms with van der Waals surface area (Å²) in [6.07, 6.45) is 0.720. The molecule has 4 atom stereocenters. The number of aliphatic carboxylic acids is 1. The van der Waals surface area contributed by atoms with Gasteiger partial charge in [-0.3, -0.25) is 19.2 Å². The minimum Gasteiger partial charge on any atom is -0.480 e. The molecule has 0 aromatic rings. The van der Waals surface area contributed by atoms with Gasteiger partial charge in [0.25, 0.3) is 0 Å². The van der Waals surface area contributed by atoms with E-state index in [2.05, 4.69) is 10.6 Å². The lowest BCUT2D eigenvalue weighted by Crippen LogP contribution is -2.56. The number of rotatable bonds is 9. The predicted molar refractivity (Wildman–Crippen MR) is 94.0 cm³/mol. The number of amides is 4. The molecule has 1 fully saturated rings. The van der Waals surface area contributed by atoms with Crippen LogP contribution in [0.5, 0.6) is 0 Å². The van der Waals surface area contributed by atoms with Crippen LogP contribution in [0.1, 0.15) is 39.5 Å². The van der Waals surface area contributed by atoms with Crippen molar-refractivity contribution in [1.82, 2.24) is 15.5 Å². The van der Waals surface area contributed by atoms with Crippen LogP contribution in [-0.4, -0.2) is 70.3 Å². The second-order valence-electron chi connectivity index (χ2n) is 6.61. The lowest BCUT2D eigenvalue weighted by molar-refractivity contribution is -0.149. The van der Waals surface area contributed by atoms with E-state index in [9.17, 15) is 29.1 Å². The van der Waals surface area contributed by atoms with E-state index in [-0.39, 0.29) is 12.8 Å². The van der Waals surface area contributed by atoms with Gasteiger partial charge in [-0.15, -0.1) is 0 Å². The van der Waals surface area contributed by atoms with Gasteiger partial charge in [0.15, 0.2) is 0 Å². The minimum atomic E-state index is -1.10. The highest BCUT2D eigenvalue weighted by molar-refractivity contribution is 5.94. The van der Waals surface area contributed by atoms with Crippen molar-refractivity contribution in [3.05, 3.63) is 0 Å². The molecule has 7 N–H and O–H groups in total. The van der Waals surface area contributed by atoms with Crippen LogP contribution in [0.15, 0.2) is 0 Å². The number of nitrogens with zero attached hydrogens (tertiary/aromatic N) is 1. The van der Waals surface area contributed by atoms with E-state index in [0.29, 0.717) is 19.4 Å². The van der Waals surface area contributed by atoms with Gasteiger partial charge in [0.05, 0.1) is 6.04 Å². The Hall–Kier alpha value is -2.69. The first-order valence-corrected chi connectivity index (χ1v) is 8.72. The summed E-state index contributed by atoms with van der Waals surface area (Å²) >= 11 is 0. The molecule has 0 aromatic heterocycles. The number of primary amides is 1. The lowest BCUT2D eigenvalue weighted by Gasteiger charge is -2.27. The summed E-state index contributed by atoms with van der Waals surface area (Å²) in [6, 6.07) is -3.88. The molecule has 27 heavy (non-hydrogen) atoms. The number of likely N-dealkylation sites (tertiary alicyclic amines) is 1. The molecule has 152 valence electrons. The Balaban J connectivity index is 2.76. The zero-order valence-electron chi connectivity index (χ0n) is 15.4. The molecule has 0 bridgehead atoms. The molecule has 1 rings (SSSR count). The van der Waals surface area contributed by atoms with Gasteiger partial charge in [0.1, 0.15) is 18.1 Å². The molecule has 0 aliphatic carbocycles. The Kier molecular flexibility index (Phi) is 8.16. The van der Waals surface area contributed by atoms with Crippen molar-refractivity contribution in [2.75, 3.05) is 6.54 Å². The molecule has 0 unspecified atom stereocenters. The molecule has 1 aliphatic rings. The van der Waals surface area contributed by atoms with Gasteiger partial charge in [-0.1, -0.05) is 0 Å². The first-order valence-electron chi connectivity index (χ1n) is 8.72. The van der Waals surface area contributed by atoms with Gasteiger partial charge >= 0.3 is 5.97 Å². The molecule has 11 heteroatoms. The maximum absolute atomic E-state index is 12.5. The molecule has 0 saturated carbocycles. The Morgan fingerprint density at radius 3 is 2.30 bits per heavy atom. The van der Waals surface area contributed by atoms with Crippen LogP contribution in [0.3, 0.4) is 0 Å². The SMILES string of the molecule is C[C@H](N)C(=O)N[C@@H](CCC(N)=O)C(=O)N[C@@H](C)C(=O)N1CCC[C@H]1C(=O)O. The van der Waals surface area contributed by atoms with Crippen molar-refractivity contribution in [3.8, 4) is 0 Å². The molecule has 1 heterocycles. The fraction of sp³-hybridized carbons (Fsp3) is 0.688. The Morgan fingerprint density at radius 1 is 1.15 bits per heavy atom. The number of carbonyl (C=O) groups is 5. The van der Waals surface area contributed by atoms with Crippen LogP contribution in [0.25, 0.3) is 0 Å². The normalized spacial score (nSPS) is 19.7. The fourth-order valence-corrected chi connectivity index (χ4v) is 2.77. The third-order valence-corrected chi connectivity index (χ3v) is 4.28. The van der Waals surface area contributed by atoms with E-state index < -0.39 is 53.8 Å². The third kappa shape index (κ3) is 6.51. The van der Waals surface area contributed by atoms with Crippen LogP contribution in [-0.2, 0) is 24.0 Å². The zero-order chi connectivity index (χ0) is 20.7. The quantitative estimate of drug-likeness (QED) is 0.294. The van der Waals surface area contributed by atoms with Crippen molar-refractivity contribution in [2.45, 2.75) is 63.7 Å². The zero-order valence-corrected chi connectivity index (χ0v) is 15.4. The third-order valence-electron chi connectivity index (χ3n) is 4.28. The van der Waals surface area contributed by atoms with Crippen molar-refractivity contribution in [1.29, 1.82) is 0 Å². The van der Waals surface area contributed by atoms with E-state index in [1.165, 1.54) is 18.7 Å².